The Hall–Kier alpha value is -2.28. The number of aliphatic imine (C=N–C) groups is 1. The summed E-state index contributed by atoms with van der Waals surface area (Å²) in [6.45, 7) is 12.9. The normalized spacial score (nSPS) is 16.8. The molecule has 156 valence electrons. The van der Waals surface area contributed by atoms with Crippen molar-refractivity contribution >= 4 is 12.1 Å². The van der Waals surface area contributed by atoms with Gasteiger partial charge in [0.15, 0.2) is 5.96 Å². The number of guanidine groups is 1. The summed E-state index contributed by atoms with van der Waals surface area (Å²) in [6, 6.07) is 7.89. The summed E-state index contributed by atoms with van der Waals surface area (Å²) in [5.41, 5.74) is 7.80. The van der Waals surface area contributed by atoms with E-state index in [9.17, 15) is 4.79 Å². The number of alkyl carbamates (subject to hydrolysis) is 1. The Bertz CT molecular complexity index is 659. The second kappa shape index (κ2) is 9.78. The van der Waals surface area contributed by atoms with Crippen molar-refractivity contribution in [2.45, 2.75) is 52.2 Å². The van der Waals surface area contributed by atoms with Crippen LogP contribution in [0.4, 0.5) is 4.79 Å². The number of nitrogens with zero attached hydrogens (tertiary/aromatic N) is 2. The van der Waals surface area contributed by atoms with Crippen molar-refractivity contribution in [3.05, 3.63) is 35.4 Å². The van der Waals surface area contributed by atoms with Crippen LogP contribution >= 0.6 is 0 Å². The smallest absolute Gasteiger partial charge is 0.408 e. The summed E-state index contributed by atoms with van der Waals surface area (Å²) in [6.07, 6.45) is -0.467. The number of amides is 1. The summed E-state index contributed by atoms with van der Waals surface area (Å²) in [4.78, 5) is 18.8. The van der Waals surface area contributed by atoms with Crippen LogP contribution in [-0.2, 0) is 9.47 Å². The predicted molar refractivity (Wildman–Crippen MR) is 112 cm³/mol. The van der Waals surface area contributed by atoms with E-state index >= 15 is 0 Å². The minimum atomic E-state index is -0.563. The molecule has 1 heterocycles. The number of ether oxygens (including phenoxy) is 2. The highest BCUT2D eigenvalue weighted by Gasteiger charge is 2.21. The van der Waals surface area contributed by atoms with Crippen LogP contribution in [0.15, 0.2) is 29.3 Å². The first kappa shape index (κ1) is 22.0. The Morgan fingerprint density at radius 1 is 1.21 bits per heavy atom. The number of hydrogen-bond donors (Lipinski definition) is 2. The molecule has 1 aromatic carbocycles. The van der Waals surface area contributed by atoms with Crippen LogP contribution in [0.1, 0.15) is 57.7 Å². The average molecular weight is 391 g/mol. The highest BCUT2D eigenvalue weighted by Crippen LogP contribution is 2.20. The summed E-state index contributed by atoms with van der Waals surface area (Å²) in [5.74, 6) is 0.916. The first-order chi connectivity index (χ1) is 13.2. The van der Waals surface area contributed by atoms with E-state index < -0.39 is 11.7 Å². The monoisotopic (exact) mass is 390 g/mol. The fraction of sp³-hybridized carbons (Fsp3) is 0.619. The lowest BCUT2D eigenvalue weighted by Crippen LogP contribution is -2.45. The average Bonchev–Trinajstić information content (AvgIpc) is 2.64. The van der Waals surface area contributed by atoms with Gasteiger partial charge in [-0.2, -0.15) is 0 Å². The van der Waals surface area contributed by atoms with Gasteiger partial charge in [-0.3, -0.25) is 4.99 Å². The molecule has 1 fully saturated rings. The van der Waals surface area contributed by atoms with Gasteiger partial charge in [0.1, 0.15) is 5.60 Å². The fourth-order valence-electron chi connectivity index (χ4n) is 2.87. The van der Waals surface area contributed by atoms with E-state index in [1.54, 1.807) is 0 Å². The predicted octanol–water partition coefficient (Wildman–Crippen LogP) is 3.02. The molecule has 7 heteroatoms. The van der Waals surface area contributed by atoms with E-state index in [0.29, 0.717) is 31.6 Å². The van der Waals surface area contributed by atoms with Gasteiger partial charge in [-0.15, -0.1) is 0 Å². The number of nitrogens with one attached hydrogen (secondary N) is 1. The van der Waals surface area contributed by atoms with Crippen LogP contribution in [0.25, 0.3) is 0 Å². The van der Waals surface area contributed by atoms with Crippen LogP contribution in [-0.4, -0.2) is 55.4 Å². The number of hydrogen-bond acceptors (Lipinski definition) is 4. The number of carbonyl (C=O) groups is 1. The van der Waals surface area contributed by atoms with Crippen LogP contribution in [0.5, 0.6) is 0 Å². The van der Waals surface area contributed by atoms with E-state index in [2.05, 4.69) is 36.3 Å². The molecule has 0 radical (unpaired) electrons. The topological polar surface area (TPSA) is 89.2 Å². The van der Waals surface area contributed by atoms with Crippen molar-refractivity contribution in [2.24, 2.45) is 10.7 Å². The zero-order valence-corrected chi connectivity index (χ0v) is 17.7. The fourth-order valence-corrected chi connectivity index (χ4v) is 2.87. The minimum absolute atomic E-state index is 0.323. The molecule has 0 bridgehead atoms. The minimum Gasteiger partial charge on any atom is -0.444 e. The Balaban J connectivity index is 2.13. The highest BCUT2D eigenvalue weighted by molar-refractivity contribution is 5.78. The highest BCUT2D eigenvalue weighted by atomic mass is 16.6. The van der Waals surface area contributed by atoms with Crippen molar-refractivity contribution in [1.82, 2.24) is 10.2 Å². The second-order valence-corrected chi connectivity index (χ2v) is 8.32. The summed E-state index contributed by atoms with van der Waals surface area (Å²) < 4.78 is 10.8. The molecule has 1 aromatic rings. The number of nitrogens with two attached hydrogens (primary N) is 1. The molecule has 1 saturated heterocycles. The van der Waals surface area contributed by atoms with Gasteiger partial charge in [0.2, 0.25) is 0 Å². The third-order valence-corrected chi connectivity index (χ3v) is 4.47. The molecule has 1 atom stereocenters. The summed E-state index contributed by atoms with van der Waals surface area (Å²) >= 11 is 0. The largest absolute Gasteiger partial charge is 0.444 e. The molecule has 1 unspecified atom stereocenters. The Labute approximate surface area is 168 Å². The quantitative estimate of drug-likeness (QED) is 0.596. The van der Waals surface area contributed by atoms with Gasteiger partial charge in [-0.25, -0.2) is 4.79 Å². The number of benzene rings is 1. The Morgan fingerprint density at radius 2 is 1.79 bits per heavy atom. The van der Waals surface area contributed by atoms with Gasteiger partial charge < -0.3 is 25.4 Å². The second-order valence-electron chi connectivity index (χ2n) is 8.32. The van der Waals surface area contributed by atoms with Crippen LogP contribution in [0.3, 0.4) is 0 Å². The van der Waals surface area contributed by atoms with E-state index in [1.807, 2.05) is 37.8 Å². The van der Waals surface area contributed by atoms with Gasteiger partial charge in [-0.1, -0.05) is 38.1 Å². The maximum Gasteiger partial charge on any atom is 0.408 e. The molecule has 0 saturated carbocycles. The Morgan fingerprint density at radius 3 is 2.32 bits per heavy atom. The van der Waals surface area contributed by atoms with E-state index in [4.69, 9.17) is 15.2 Å². The molecule has 1 aliphatic rings. The molecule has 1 aliphatic heterocycles. The number of carbonyl (C=O) groups excluding carboxylic acids is 1. The van der Waals surface area contributed by atoms with Gasteiger partial charge in [0.25, 0.3) is 0 Å². The van der Waals surface area contributed by atoms with E-state index in [1.165, 1.54) is 5.56 Å². The molecule has 0 aromatic heterocycles. The molecule has 7 nitrogen and oxygen atoms in total. The third kappa shape index (κ3) is 7.03. The van der Waals surface area contributed by atoms with Crippen molar-refractivity contribution < 1.29 is 14.3 Å². The molecule has 0 aliphatic carbocycles. The Kier molecular flexibility index (Phi) is 7.69. The van der Waals surface area contributed by atoms with E-state index in [-0.39, 0.29) is 6.04 Å². The van der Waals surface area contributed by atoms with Crippen molar-refractivity contribution in [3.8, 4) is 0 Å². The molecule has 2 rings (SSSR count). The first-order valence-corrected chi connectivity index (χ1v) is 9.87. The standard InChI is InChI=1S/C21H34N4O3/c1-15(2)16-6-8-17(9-7-16)18(24-20(26)28-21(3,4)5)14-23-19(22)25-10-12-27-13-11-25/h6-9,15,18H,10-14H2,1-5H3,(H2,22,23)(H,24,26). The molecule has 28 heavy (non-hydrogen) atoms. The lowest BCUT2D eigenvalue weighted by atomic mass is 9.99. The third-order valence-electron chi connectivity index (χ3n) is 4.47. The number of morpholine rings is 1. The maximum atomic E-state index is 12.3. The first-order valence-electron chi connectivity index (χ1n) is 9.87. The van der Waals surface area contributed by atoms with Gasteiger partial charge in [0.05, 0.1) is 25.8 Å². The lowest BCUT2D eigenvalue weighted by Gasteiger charge is -2.28. The molecular formula is C21H34N4O3. The number of rotatable bonds is 5. The zero-order valence-electron chi connectivity index (χ0n) is 17.7. The van der Waals surface area contributed by atoms with Crippen molar-refractivity contribution in [3.63, 3.8) is 0 Å². The SMILES string of the molecule is CC(C)c1ccc(C(CN=C(N)N2CCOCC2)NC(=O)OC(C)(C)C)cc1. The summed E-state index contributed by atoms with van der Waals surface area (Å²) in [7, 11) is 0. The van der Waals surface area contributed by atoms with E-state index in [0.717, 1.165) is 18.7 Å². The molecule has 3 N–H and O–H groups in total. The van der Waals surface area contributed by atoms with Crippen molar-refractivity contribution in [1.29, 1.82) is 0 Å². The zero-order chi connectivity index (χ0) is 20.7. The molecular weight excluding hydrogens is 356 g/mol. The van der Waals surface area contributed by atoms with Gasteiger partial charge in [0, 0.05) is 13.1 Å². The van der Waals surface area contributed by atoms with Crippen molar-refractivity contribution in [2.75, 3.05) is 32.8 Å². The molecule has 0 spiro atoms. The van der Waals surface area contributed by atoms with Crippen LogP contribution in [0, 0.1) is 0 Å². The van der Waals surface area contributed by atoms with Crippen LogP contribution in [0.2, 0.25) is 0 Å². The maximum absolute atomic E-state index is 12.3. The summed E-state index contributed by atoms with van der Waals surface area (Å²) in [5, 5.41) is 2.93. The lowest BCUT2D eigenvalue weighted by molar-refractivity contribution is 0.0505. The van der Waals surface area contributed by atoms with Crippen LogP contribution < -0.4 is 11.1 Å². The molecule has 1 amide bonds. The van der Waals surface area contributed by atoms with Gasteiger partial charge >= 0.3 is 6.09 Å². The van der Waals surface area contributed by atoms with Gasteiger partial charge in [-0.05, 0) is 37.8 Å².